The van der Waals surface area contributed by atoms with Crippen LogP contribution in [0.15, 0.2) is 0 Å². The van der Waals surface area contributed by atoms with E-state index in [1.54, 1.807) is 7.11 Å². The molecular formula is C23H47N3O6. The Labute approximate surface area is 194 Å². The quantitative estimate of drug-likeness (QED) is 0.210. The van der Waals surface area contributed by atoms with E-state index in [0.717, 1.165) is 32.4 Å². The molecule has 3 N–H and O–H groups in total. The average Bonchev–Trinajstić information content (AvgIpc) is 2.73. The van der Waals surface area contributed by atoms with Crippen molar-refractivity contribution in [2.75, 3.05) is 73.0 Å². The molecule has 0 aromatic rings. The van der Waals surface area contributed by atoms with Crippen LogP contribution in [0.25, 0.3) is 0 Å². The highest BCUT2D eigenvalue weighted by Crippen LogP contribution is 1.98. The van der Waals surface area contributed by atoms with E-state index in [2.05, 4.69) is 36.7 Å². The van der Waals surface area contributed by atoms with E-state index in [-0.39, 0.29) is 17.4 Å². The van der Waals surface area contributed by atoms with Crippen LogP contribution in [-0.4, -0.2) is 90.3 Å². The van der Waals surface area contributed by atoms with Crippen LogP contribution in [0.4, 0.5) is 0 Å². The molecule has 0 aliphatic heterocycles. The Morgan fingerprint density at radius 2 is 1.06 bits per heavy atom. The van der Waals surface area contributed by atoms with E-state index >= 15 is 0 Å². The second-order valence-electron chi connectivity index (χ2n) is 8.62. The third-order valence-corrected chi connectivity index (χ3v) is 4.31. The van der Waals surface area contributed by atoms with Crippen molar-refractivity contribution < 1.29 is 28.5 Å². The van der Waals surface area contributed by atoms with Gasteiger partial charge in [0, 0.05) is 58.4 Å². The Morgan fingerprint density at radius 3 is 1.53 bits per heavy atom. The van der Waals surface area contributed by atoms with Gasteiger partial charge in [0.05, 0.1) is 26.4 Å². The highest BCUT2D eigenvalue weighted by Gasteiger charge is 2.07. The second-order valence-corrected chi connectivity index (χ2v) is 8.62. The average molecular weight is 462 g/mol. The molecule has 0 aliphatic carbocycles. The molecule has 0 aromatic carbocycles. The third-order valence-electron chi connectivity index (χ3n) is 4.31. The Hall–Kier alpha value is -1.26. The molecule has 0 aromatic heterocycles. The number of methoxy groups -OCH3 is 1. The molecule has 32 heavy (non-hydrogen) atoms. The van der Waals surface area contributed by atoms with Crippen LogP contribution in [0, 0.1) is 0 Å². The van der Waals surface area contributed by atoms with Crippen LogP contribution in [-0.2, 0) is 28.5 Å². The molecule has 0 unspecified atom stereocenters. The summed E-state index contributed by atoms with van der Waals surface area (Å²) in [4.78, 5) is 23.3. The summed E-state index contributed by atoms with van der Waals surface area (Å²) in [6, 6.07) is 0. The van der Waals surface area contributed by atoms with E-state index in [1.807, 2.05) is 0 Å². The van der Waals surface area contributed by atoms with Crippen molar-refractivity contribution in [2.24, 2.45) is 0 Å². The van der Waals surface area contributed by atoms with Gasteiger partial charge in [-0.2, -0.15) is 0 Å². The van der Waals surface area contributed by atoms with Gasteiger partial charge in [0.2, 0.25) is 11.8 Å². The maximum absolute atomic E-state index is 11.8. The second kappa shape index (κ2) is 21.6. The first-order chi connectivity index (χ1) is 15.3. The summed E-state index contributed by atoms with van der Waals surface area (Å²) in [5, 5.41) is 9.07. The minimum atomic E-state index is -0.0327. The highest BCUT2D eigenvalue weighted by molar-refractivity contribution is 5.78. The lowest BCUT2D eigenvalue weighted by atomic mass is 10.1. The fourth-order valence-corrected chi connectivity index (χ4v) is 2.61. The third kappa shape index (κ3) is 25.0. The first kappa shape index (κ1) is 30.7. The Morgan fingerprint density at radius 1 is 0.625 bits per heavy atom. The Kier molecular flexibility index (Phi) is 20.7. The maximum Gasteiger partial charge on any atom is 0.220 e. The van der Waals surface area contributed by atoms with Gasteiger partial charge in [0.15, 0.2) is 0 Å². The van der Waals surface area contributed by atoms with E-state index in [0.29, 0.717) is 72.0 Å². The topological polar surface area (TPSA) is 107 Å². The number of ether oxygens (including phenoxy) is 4. The van der Waals surface area contributed by atoms with Crippen molar-refractivity contribution in [3.63, 3.8) is 0 Å². The van der Waals surface area contributed by atoms with Gasteiger partial charge in [-0.25, -0.2) is 0 Å². The molecule has 9 heteroatoms. The van der Waals surface area contributed by atoms with Gasteiger partial charge < -0.3 is 34.9 Å². The molecule has 0 bridgehead atoms. The van der Waals surface area contributed by atoms with Crippen molar-refractivity contribution >= 4 is 11.8 Å². The van der Waals surface area contributed by atoms with Gasteiger partial charge in [0.1, 0.15) is 0 Å². The number of nitrogens with one attached hydrogen (secondary N) is 3. The fraction of sp³-hybridized carbons (Fsp3) is 0.913. The summed E-state index contributed by atoms with van der Waals surface area (Å²) >= 11 is 0. The van der Waals surface area contributed by atoms with Gasteiger partial charge in [0.25, 0.3) is 0 Å². The minimum absolute atomic E-state index is 0.0236. The molecule has 0 heterocycles. The van der Waals surface area contributed by atoms with E-state index in [1.165, 1.54) is 0 Å². The summed E-state index contributed by atoms with van der Waals surface area (Å²) in [6.07, 6.45) is 3.80. The van der Waals surface area contributed by atoms with Gasteiger partial charge >= 0.3 is 0 Å². The Bertz CT molecular complexity index is 458. The molecule has 0 aliphatic rings. The van der Waals surface area contributed by atoms with Crippen LogP contribution in [0.2, 0.25) is 0 Å². The first-order valence-corrected chi connectivity index (χ1v) is 11.9. The molecule has 0 radical (unpaired) electrons. The lowest BCUT2D eigenvalue weighted by Gasteiger charge is -2.20. The number of carbonyl (C=O) groups is 2. The molecule has 190 valence electrons. The Balaban J connectivity index is 3.26. The zero-order valence-electron chi connectivity index (χ0n) is 20.8. The van der Waals surface area contributed by atoms with Crippen molar-refractivity contribution in [2.45, 2.75) is 64.8 Å². The van der Waals surface area contributed by atoms with Crippen molar-refractivity contribution in [3.8, 4) is 0 Å². The van der Waals surface area contributed by atoms with Gasteiger partial charge in [-0.05, 0) is 53.0 Å². The minimum Gasteiger partial charge on any atom is -0.385 e. The molecule has 0 atom stereocenters. The SMILES string of the molecule is COCCCNC(=O)CCCC(=O)NCCCOCCOCCOCCCNC(C)(C)C. The van der Waals surface area contributed by atoms with Gasteiger partial charge in [-0.3, -0.25) is 9.59 Å². The lowest BCUT2D eigenvalue weighted by molar-refractivity contribution is -0.122. The predicted octanol–water partition coefficient (Wildman–Crippen LogP) is 1.64. The summed E-state index contributed by atoms with van der Waals surface area (Å²) in [5.41, 5.74) is 0.151. The number of hydrogen-bond acceptors (Lipinski definition) is 7. The van der Waals surface area contributed by atoms with Crippen molar-refractivity contribution in [3.05, 3.63) is 0 Å². The summed E-state index contributed by atoms with van der Waals surface area (Å²) in [7, 11) is 1.63. The monoisotopic (exact) mass is 461 g/mol. The first-order valence-electron chi connectivity index (χ1n) is 11.9. The number of carbonyl (C=O) groups excluding carboxylic acids is 2. The smallest absolute Gasteiger partial charge is 0.220 e. The molecule has 0 spiro atoms. The largest absolute Gasteiger partial charge is 0.385 e. The standard InChI is InChI=1S/C23H47N3O6/c1-23(2,3)26-13-8-16-31-18-20-32-19-17-30-15-7-12-25-22(28)10-5-9-21(27)24-11-6-14-29-4/h26H,5-20H2,1-4H3,(H,24,27)(H,25,28). The molecule has 0 rings (SSSR count). The normalized spacial score (nSPS) is 11.5. The predicted molar refractivity (Wildman–Crippen MR) is 126 cm³/mol. The number of amides is 2. The van der Waals surface area contributed by atoms with Crippen LogP contribution >= 0.6 is 0 Å². The maximum atomic E-state index is 11.8. The van der Waals surface area contributed by atoms with E-state index in [9.17, 15) is 9.59 Å². The van der Waals surface area contributed by atoms with Gasteiger partial charge in [-0.1, -0.05) is 0 Å². The zero-order valence-corrected chi connectivity index (χ0v) is 20.8. The molecule has 9 nitrogen and oxygen atoms in total. The molecule has 0 saturated heterocycles. The summed E-state index contributed by atoms with van der Waals surface area (Å²) < 4.78 is 21.4. The summed E-state index contributed by atoms with van der Waals surface area (Å²) in [5.74, 6) is -0.0563. The molecular weight excluding hydrogens is 414 g/mol. The van der Waals surface area contributed by atoms with Crippen LogP contribution in [0.1, 0.15) is 59.3 Å². The van der Waals surface area contributed by atoms with Crippen LogP contribution < -0.4 is 16.0 Å². The summed E-state index contributed by atoms with van der Waals surface area (Å²) in [6.45, 7) is 12.7. The zero-order chi connectivity index (χ0) is 23.9. The highest BCUT2D eigenvalue weighted by atomic mass is 16.5. The van der Waals surface area contributed by atoms with Crippen molar-refractivity contribution in [1.29, 1.82) is 0 Å². The van der Waals surface area contributed by atoms with E-state index in [4.69, 9.17) is 18.9 Å². The van der Waals surface area contributed by atoms with Crippen LogP contribution in [0.5, 0.6) is 0 Å². The molecule has 0 saturated carbocycles. The lowest BCUT2D eigenvalue weighted by Crippen LogP contribution is -2.36. The molecule has 2 amide bonds. The van der Waals surface area contributed by atoms with Gasteiger partial charge in [-0.15, -0.1) is 0 Å². The number of hydrogen-bond donors (Lipinski definition) is 3. The van der Waals surface area contributed by atoms with Crippen molar-refractivity contribution in [1.82, 2.24) is 16.0 Å². The van der Waals surface area contributed by atoms with E-state index < -0.39 is 0 Å². The van der Waals surface area contributed by atoms with Crippen LogP contribution in [0.3, 0.4) is 0 Å². The molecule has 0 fully saturated rings. The fourth-order valence-electron chi connectivity index (χ4n) is 2.61. The number of rotatable bonds is 22.